The second-order valence-electron chi connectivity index (χ2n) is 5.92. The average Bonchev–Trinajstić information content (AvgIpc) is 2.48. The van der Waals surface area contributed by atoms with Crippen LogP contribution >= 0.6 is 0 Å². The van der Waals surface area contributed by atoms with E-state index in [0.29, 0.717) is 12.2 Å². The van der Waals surface area contributed by atoms with E-state index in [0.717, 1.165) is 11.1 Å². The van der Waals surface area contributed by atoms with Crippen LogP contribution in [0.2, 0.25) is 0 Å². The lowest BCUT2D eigenvalue weighted by molar-refractivity contribution is -0.125. The van der Waals surface area contributed by atoms with Crippen LogP contribution in [0.5, 0.6) is 5.75 Å². The Morgan fingerprint density at radius 2 is 2.04 bits per heavy atom. The number of amides is 1. The molecule has 2 unspecified atom stereocenters. The minimum Gasteiger partial charge on any atom is -0.497 e. The summed E-state index contributed by atoms with van der Waals surface area (Å²) in [6, 6.07) is 4.93. The molecule has 1 aromatic carbocycles. The molecular weight excluding hydrogens is 316 g/mol. The summed E-state index contributed by atoms with van der Waals surface area (Å²) in [5, 5.41) is 0. The van der Waals surface area contributed by atoms with E-state index < -0.39 is 9.84 Å². The topological polar surface area (TPSA) is 84.5 Å². The van der Waals surface area contributed by atoms with E-state index in [9.17, 15) is 13.2 Å². The van der Waals surface area contributed by atoms with E-state index in [-0.39, 0.29) is 22.8 Å². The van der Waals surface area contributed by atoms with Gasteiger partial charge in [-0.25, -0.2) is 13.8 Å². The number of sulfone groups is 1. The van der Waals surface area contributed by atoms with Gasteiger partial charge in [-0.1, -0.05) is 13.0 Å². The van der Waals surface area contributed by atoms with Crippen molar-refractivity contribution >= 4 is 21.3 Å². The highest BCUT2D eigenvalue weighted by Gasteiger charge is 2.24. The molecule has 2 rings (SSSR count). The largest absolute Gasteiger partial charge is 0.497 e. The van der Waals surface area contributed by atoms with Crippen molar-refractivity contribution in [3.8, 4) is 5.75 Å². The molecular formula is C16H22N2O4S. The molecule has 1 fully saturated rings. The van der Waals surface area contributed by atoms with Crippen molar-refractivity contribution in [2.45, 2.75) is 31.2 Å². The number of carbonyl (C=O) groups excluding carboxylic acids is 1. The number of hydrazine groups is 1. The Hall–Kier alpha value is -1.86. The Labute approximate surface area is 136 Å². The first-order valence-electron chi connectivity index (χ1n) is 7.33. The molecule has 0 saturated carbocycles. The molecule has 0 aromatic heterocycles. The van der Waals surface area contributed by atoms with Crippen molar-refractivity contribution in [3.63, 3.8) is 0 Å². The molecule has 6 nitrogen and oxygen atoms in total. The fraction of sp³-hybridized carbons (Fsp3) is 0.438. The zero-order chi connectivity index (χ0) is 17.2. The predicted octanol–water partition coefficient (Wildman–Crippen LogP) is 1.53. The summed E-state index contributed by atoms with van der Waals surface area (Å²) in [6.45, 7) is 3.90. The standard InChI is InChI=1S/C16H22N2O4S/c1-10(5-15-11(2)6-16(19)18-17-15)12-7-13(22-3)9-14(8-12)23(4,20)21/h5,7-9,11,15,17H,6H2,1-4H3,(H,18,19)/b10-5+. The Bertz CT molecular complexity index is 740. The highest BCUT2D eigenvalue weighted by molar-refractivity contribution is 7.90. The predicted molar refractivity (Wildman–Crippen MR) is 88.6 cm³/mol. The molecule has 0 radical (unpaired) electrons. The van der Waals surface area contributed by atoms with Gasteiger partial charge in [-0.05, 0) is 42.2 Å². The molecule has 1 aliphatic heterocycles. The van der Waals surface area contributed by atoms with Gasteiger partial charge in [-0.2, -0.15) is 0 Å². The van der Waals surface area contributed by atoms with Crippen molar-refractivity contribution in [2.24, 2.45) is 5.92 Å². The SMILES string of the molecule is COc1cc(/C(C)=C/C2NNC(=O)CC2C)cc(S(C)(=O)=O)c1. The quantitative estimate of drug-likeness (QED) is 0.870. The fourth-order valence-corrected chi connectivity index (χ4v) is 3.15. The number of allylic oxidation sites excluding steroid dienone is 1. The third-order valence-electron chi connectivity index (χ3n) is 3.93. The number of carbonyl (C=O) groups is 1. The first kappa shape index (κ1) is 17.5. The Morgan fingerprint density at radius 1 is 1.35 bits per heavy atom. The van der Waals surface area contributed by atoms with E-state index in [2.05, 4.69) is 10.9 Å². The summed E-state index contributed by atoms with van der Waals surface area (Å²) in [6.07, 6.45) is 3.62. The normalized spacial score (nSPS) is 22.6. The smallest absolute Gasteiger partial charge is 0.234 e. The lowest BCUT2D eigenvalue weighted by atomic mass is 9.93. The van der Waals surface area contributed by atoms with Crippen LogP contribution in [0.15, 0.2) is 29.2 Å². The number of rotatable bonds is 4. The van der Waals surface area contributed by atoms with Crippen LogP contribution in [-0.2, 0) is 14.6 Å². The van der Waals surface area contributed by atoms with Gasteiger partial charge < -0.3 is 4.74 Å². The molecule has 1 aromatic rings. The summed E-state index contributed by atoms with van der Waals surface area (Å²) >= 11 is 0. The zero-order valence-corrected chi connectivity index (χ0v) is 14.5. The lowest BCUT2D eigenvalue weighted by Crippen LogP contribution is -2.52. The van der Waals surface area contributed by atoms with E-state index in [1.165, 1.54) is 19.4 Å². The Kier molecular flexibility index (Phi) is 5.11. The van der Waals surface area contributed by atoms with Gasteiger partial charge in [-0.3, -0.25) is 10.2 Å². The van der Waals surface area contributed by atoms with Crippen LogP contribution in [0.3, 0.4) is 0 Å². The monoisotopic (exact) mass is 338 g/mol. The van der Waals surface area contributed by atoms with E-state index in [4.69, 9.17) is 4.74 Å². The van der Waals surface area contributed by atoms with Crippen LogP contribution in [0.4, 0.5) is 0 Å². The van der Waals surface area contributed by atoms with Gasteiger partial charge in [0.25, 0.3) is 0 Å². The summed E-state index contributed by atoms with van der Waals surface area (Å²) in [5.74, 6) is 0.618. The lowest BCUT2D eigenvalue weighted by Gasteiger charge is -2.28. The number of ether oxygens (including phenoxy) is 1. The average molecular weight is 338 g/mol. The molecule has 1 heterocycles. The molecule has 0 spiro atoms. The maximum atomic E-state index is 11.8. The van der Waals surface area contributed by atoms with Crippen molar-refractivity contribution in [1.82, 2.24) is 10.9 Å². The molecule has 1 amide bonds. The van der Waals surface area contributed by atoms with Gasteiger partial charge in [0.05, 0.1) is 12.0 Å². The second-order valence-corrected chi connectivity index (χ2v) is 7.93. The summed E-state index contributed by atoms with van der Waals surface area (Å²) in [7, 11) is -1.82. The Balaban J connectivity index is 2.36. The van der Waals surface area contributed by atoms with E-state index in [1.54, 1.807) is 12.1 Å². The molecule has 1 saturated heterocycles. The summed E-state index contributed by atoms with van der Waals surface area (Å²) < 4.78 is 28.8. The maximum absolute atomic E-state index is 11.8. The number of benzene rings is 1. The molecule has 2 atom stereocenters. The van der Waals surface area contributed by atoms with Crippen molar-refractivity contribution in [2.75, 3.05) is 13.4 Å². The van der Waals surface area contributed by atoms with Gasteiger partial charge in [0, 0.05) is 18.7 Å². The van der Waals surface area contributed by atoms with Crippen LogP contribution < -0.4 is 15.6 Å². The van der Waals surface area contributed by atoms with Gasteiger partial charge in [0.2, 0.25) is 5.91 Å². The molecule has 0 bridgehead atoms. The third-order valence-corrected chi connectivity index (χ3v) is 5.02. The first-order chi connectivity index (χ1) is 10.7. The Morgan fingerprint density at radius 3 is 2.61 bits per heavy atom. The number of nitrogens with one attached hydrogen (secondary N) is 2. The molecule has 23 heavy (non-hydrogen) atoms. The minimum atomic E-state index is -3.32. The molecule has 0 aliphatic carbocycles. The first-order valence-corrected chi connectivity index (χ1v) is 9.22. The second kappa shape index (κ2) is 6.72. The van der Waals surface area contributed by atoms with Gasteiger partial charge in [0.15, 0.2) is 9.84 Å². The number of hydrogen-bond donors (Lipinski definition) is 2. The van der Waals surface area contributed by atoms with E-state index >= 15 is 0 Å². The molecule has 1 aliphatic rings. The van der Waals surface area contributed by atoms with Crippen LogP contribution in [0, 0.1) is 5.92 Å². The summed E-state index contributed by atoms with van der Waals surface area (Å²) in [4.78, 5) is 11.6. The highest BCUT2D eigenvalue weighted by Crippen LogP contribution is 2.26. The molecule has 2 N–H and O–H groups in total. The number of methoxy groups -OCH3 is 1. The fourth-order valence-electron chi connectivity index (χ4n) is 2.48. The third kappa shape index (κ3) is 4.33. The van der Waals surface area contributed by atoms with Crippen LogP contribution in [-0.4, -0.2) is 33.7 Å². The molecule has 126 valence electrons. The number of hydrogen-bond acceptors (Lipinski definition) is 5. The van der Waals surface area contributed by atoms with Crippen molar-refractivity contribution in [3.05, 3.63) is 29.8 Å². The molecule has 7 heteroatoms. The highest BCUT2D eigenvalue weighted by atomic mass is 32.2. The van der Waals surface area contributed by atoms with Crippen molar-refractivity contribution < 1.29 is 17.9 Å². The maximum Gasteiger partial charge on any atom is 0.234 e. The van der Waals surface area contributed by atoms with E-state index in [1.807, 2.05) is 19.9 Å². The van der Waals surface area contributed by atoms with Gasteiger partial charge >= 0.3 is 0 Å². The van der Waals surface area contributed by atoms with Crippen LogP contribution in [0.25, 0.3) is 5.57 Å². The van der Waals surface area contributed by atoms with Crippen molar-refractivity contribution in [1.29, 1.82) is 0 Å². The summed E-state index contributed by atoms with van der Waals surface area (Å²) in [5.41, 5.74) is 7.28. The zero-order valence-electron chi connectivity index (χ0n) is 13.7. The van der Waals surface area contributed by atoms with Gasteiger partial charge in [-0.15, -0.1) is 0 Å². The van der Waals surface area contributed by atoms with Crippen LogP contribution in [0.1, 0.15) is 25.8 Å². The minimum absolute atomic E-state index is 0.0133. The van der Waals surface area contributed by atoms with Gasteiger partial charge in [0.1, 0.15) is 5.75 Å².